The summed E-state index contributed by atoms with van der Waals surface area (Å²) >= 11 is 0. The summed E-state index contributed by atoms with van der Waals surface area (Å²) in [5, 5.41) is 13.2. The number of rotatable bonds is 6. The lowest BCUT2D eigenvalue weighted by atomic mass is 9.96. The van der Waals surface area contributed by atoms with Crippen LogP contribution in [0.25, 0.3) is 10.8 Å². The van der Waals surface area contributed by atoms with Gasteiger partial charge in [-0.05, 0) is 78.6 Å². The van der Waals surface area contributed by atoms with E-state index in [0.29, 0.717) is 5.69 Å². The molecule has 0 amide bonds. The summed E-state index contributed by atoms with van der Waals surface area (Å²) < 4.78 is 5.44. The van der Waals surface area contributed by atoms with E-state index < -0.39 is 6.10 Å². The predicted octanol–water partition coefficient (Wildman–Crippen LogP) is 5.28. The van der Waals surface area contributed by atoms with E-state index in [1.54, 1.807) is 13.3 Å². The van der Waals surface area contributed by atoms with Crippen molar-refractivity contribution in [3.05, 3.63) is 70.5 Å². The average Bonchev–Trinajstić information content (AvgIpc) is 2.64. The van der Waals surface area contributed by atoms with Gasteiger partial charge in [-0.25, -0.2) is 0 Å². The van der Waals surface area contributed by atoms with Crippen molar-refractivity contribution in [3.8, 4) is 5.75 Å². The second-order valence-corrected chi connectivity index (χ2v) is 6.95. The lowest BCUT2D eigenvalue weighted by molar-refractivity contribution is 0.217. The number of aliphatic hydroxyl groups excluding tert-OH is 1. The Hall–Kier alpha value is -2.39. The zero-order valence-electron chi connectivity index (χ0n) is 16.0. The molecule has 0 aliphatic heterocycles. The molecule has 3 heteroatoms. The number of methoxy groups -OCH3 is 1. The van der Waals surface area contributed by atoms with Crippen LogP contribution in [0.4, 0.5) is 0 Å². The van der Waals surface area contributed by atoms with Crippen molar-refractivity contribution in [2.75, 3.05) is 7.11 Å². The molecule has 3 nitrogen and oxygen atoms in total. The van der Waals surface area contributed by atoms with Crippen molar-refractivity contribution in [1.82, 2.24) is 4.98 Å². The Labute approximate surface area is 155 Å². The van der Waals surface area contributed by atoms with Crippen LogP contribution in [-0.4, -0.2) is 17.2 Å². The summed E-state index contributed by atoms with van der Waals surface area (Å²) in [6, 6.07) is 12.5. The first-order valence-corrected chi connectivity index (χ1v) is 9.26. The van der Waals surface area contributed by atoms with E-state index in [2.05, 4.69) is 30.1 Å². The Morgan fingerprint density at radius 3 is 2.46 bits per heavy atom. The van der Waals surface area contributed by atoms with Crippen LogP contribution in [0.1, 0.15) is 53.8 Å². The molecule has 0 bridgehead atoms. The summed E-state index contributed by atoms with van der Waals surface area (Å²) in [5.41, 5.74) is 4.89. The smallest absolute Gasteiger partial charge is 0.124 e. The molecular formula is C23H27NO2. The lowest BCUT2D eigenvalue weighted by Gasteiger charge is -2.17. The van der Waals surface area contributed by atoms with Gasteiger partial charge in [0.05, 0.1) is 12.8 Å². The van der Waals surface area contributed by atoms with Gasteiger partial charge in [-0.3, -0.25) is 4.98 Å². The van der Waals surface area contributed by atoms with E-state index in [4.69, 9.17) is 4.74 Å². The number of nitrogens with zero attached hydrogens (tertiary/aromatic N) is 1. The van der Waals surface area contributed by atoms with Gasteiger partial charge in [0.1, 0.15) is 11.9 Å². The third-order valence-electron chi connectivity index (χ3n) is 4.94. The number of hydrogen-bond acceptors (Lipinski definition) is 3. The summed E-state index contributed by atoms with van der Waals surface area (Å²) in [7, 11) is 1.68. The molecule has 0 spiro atoms. The molecule has 0 fully saturated rings. The number of aromatic nitrogens is 1. The molecule has 1 unspecified atom stereocenters. The zero-order chi connectivity index (χ0) is 18.7. The first-order chi connectivity index (χ1) is 12.5. The topological polar surface area (TPSA) is 42.4 Å². The summed E-state index contributed by atoms with van der Waals surface area (Å²) in [6.07, 6.45) is 4.40. The van der Waals surface area contributed by atoms with Crippen molar-refractivity contribution < 1.29 is 9.84 Å². The van der Waals surface area contributed by atoms with E-state index in [1.807, 2.05) is 32.0 Å². The Kier molecular flexibility index (Phi) is 5.58. The molecule has 3 rings (SSSR count). The average molecular weight is 349 g/mol. The van der Waals surface area contributed by atoms with Crippen LogP contribution in [0.15, 0.2) is 42.6 Å². The van der Waals surface area contributed by atoms with Gasteiger partial charge in [0, 0.05) is 11.6 Å². The SMILES string of the molecule is CCCCc1ccc2ccnc(C(O)c3cc(C)c(OC)c(C)c3)c2c1. The molecule has 1 heterocycles. The predicted molar refractivity (Wildman–Crippen MR) is 107 cm³/mol. The number of unbranched alkanes of at least 4 members (excludes halogenated alkanes) is 1. The number of hydrogen-bond donors (Lipinski definition) is 1. The second kappa shape index (κ2) is 7.88. The highest BCUT2D eigenvalue weighted by atomic mass is 16.5. The van der Waals surface area contributed by atoms with E-state index in [0.717, 1.165) is 39.6 Å². The van der Waals surface area contributed by atoms with Crippen LogP contribution < -0.4 is 4.74 Å². The molecule has 0 saturated heterocycles. The standard InChI is InChI=1S/C23H27NO2/c1-5-6-7-17-8-9-18-10-11-24-21(20(18)14-17)22(25)19-12-15(2)23(26-4)16(3)13-19/h8-14,22,25H,5-7H2,1-4H3. The number of fused-ring (bicyclic) bond motifs is 1. The Morgan fingerprint density at radius 2 is 1.81 bits per heavy atom. The molecule has 1 atom stereocenters. The van der Waals surface area contributed by atoms with Crippen LogP contribution in [0.3, 0.4) is 0 Å². The van der Waals surface area contributed by atoms with Crippen LogP contribution in [-0.2, 0) is 6.42 Å². The van der Waals surface area contributed by atoms with Crippen molar-refractivity contribution >= 4 is 10.8 Å². The van der Waals surface area contributed by atoms with E-state index in [-0.39, 0.29) is 0 Å². The van der Waals surface area contributed by atoms with Crippen molar-refractivity contribution in [2.24, 2.45) is 0 Å². The zero-order valence-corrected chi connectivity index (χ0v) is 16.0. The molecule has 2 aromatic carbocycles. The summed E-state index contributed by atoms with van der Waals surface area (Å²) in [4.78, 5) is 4.53. The second-order valence-electron chi connectivity index (χ2n) is 6.95. The number of pyridine rings is 1. The van der Waals surface area contributed by atoms with E-state index >= 15 is 0 Å². The number of benzene rings is 2. The molecule has 3 aromatic rings. The summed E-state index contributed by atoms with van der Waals surface area (Å²) in [6.45, 7) is 6.20. The Bertz CT molecular complexity index is 894. The largest absolute Gasteiger partial charge is 0.496 e. The minimum absolute atomic E-state index is 0.713. The van der Waals surface area contributed by atoms with Gasteiger partial charge in [-0.15, -0.1) is 0 Å². The van der Waals surface area contributed by atoms with Crippen molar-refractivity contribution in [1.29, 1.82) is 0 Å². The third-order valence-corrected chi connectivity index (χ3v) is 4.94. The minimum atomic E-state index is -0.761. The third kappa shape index (κ3) is 3.58. The summed E-state index contributed by atoms with van der Waals surface area (Å²) in [5.74, 6) is 0.869. The maximum atomic E-state index is 11.1. The van der Waals surface area contributed by atoms with Gasteiger partial charge in [0.2, 0.25) is 0 Å². The van der Waals surface area contributed by atoms with Gasteiger partial charge in [0.25, 0.3) is 0 Å². The molecule has 26 heavy (non-hydrogen) atoms. The number of ether oxygens (including phenoxy) is 1. The highest BCUT2D eigenvalue weighted by Crippen LogP contribution is 2.32. The van der Waals surface area contributed by atoms with Crippen LogP contribution in [0.2, 0.25) is 0 Å². The molecule has 1 aromatic heterocycles. The molecular weight excluding hydrogens is 322 g/mol. The minimum Gasteiger partial charge on any atom is -0.496 e. The monoisotopic (exact) mass is 349 g/mol. The molecule has 0 radical (unpaired) electrons. The first kappa shape index (κ1) is 18.4. The quantitative estimate of drug-likeness (QED) is 0.658. The van der Waals surface area contributed by atoms with Gasteiger partial charge >= 0.3 is 0 Å². The van der Waals surface area contributed by atoms with Crippen LogP contribution >= 0.6 is 0 Å². The molecule has 0 saturated carbocycles. The highest BCUT2D eigenvalue weighted by Gasteiger charge is 2.18. The fraction of sp³-hybridized carbons (Fsp3) is 0.348. The van der Waals surface area contributed by atoms with E-state index in [1.165, 1.54) is 18.4 Å². The fourth-order valence-corrected chi connectivity index (χ4v) is 3.61. The first-order valence-electron chi connectivity index (χ1n) is 9.26. The molecule has 0 aliphatic carbocycles. The highest BCUT2D eigenvalue weighted by molar-refractivity contribution is 5.85. The number of aliphatic hydroxyl groups is 1. The fourth-order valence-electron chi connectivity index (χ4n) is 3.61. The maximum absolute atomic E-state index is 11.1. The molecule has 136 valence electrons. The van der Waals surface area contributed by atoms with Gasteiger partial charge in [0.15, 0.2) is 0 Å². The molecule has 1 N–H and O–H groups in total. The van der Waals surface area contributed by atoms with Crippen molar-refractivity contribution in [2.45, 2.75) is 46.1 Å². The Morgan fingerprint density at radius 1 is 1.08 bits per heavy atom. The Balaban J connectivity index is 2.06. The van der Waals surface area contributed by atoms with Gasteiger partial charge in [-0.1, -0.05) is 25.5 Å². The molecule has 0 aliphatic rings. The normalized spacial score (nSPS) is 12.3. The maximum Gasteiger partial charge on any atom is 0.124 e. The lowest BCUT2D eigenvalue weighted by Crippen LogP contribution is -2.05. The number of aryl methyl sites for hydroxylation is 3. The van der Waals surface area contributed by atoms with Crippen LogP contribution in [0.5, 0.6) is 5.75 Å². The van der Waals surface area contributed by atoms with E-state index in [9.17, 15) is 5.11 Å². The van der Waals surface area contributed by atoms with Gasteiger partial charge in [-0.2, -0.15) is 0 Å². The van der Waals surface area contributed by atoms with Crippen molar-refractivity contribution in [3.63, 3.8) is 0 Å². The van der Waals surface area contributed by atoms with Gasteiger partial charge < -0.3 is 9.84 Å². The van der Waals surface area contributed by atoms with Crippen LogP contribution in [0, 0.1) is 13.8 Å².